The first-order valence-corrected chi connectivity index (χ1v) is 15.6. The molecule has 40 heavy (non-hydrogen) atoms. The Labute approximate surface area is 247 Å². The number of halogens is 2. The van der Waals surface area contributed by atoms with E-state index in [2.05, 4.69) is 5.32 Å². The Morgan fingerprint density at radius 3 is 2.15 bits per heavy atom. The van der Waals surface area contributed by atoms with E-state index in [1.54, 1.807) is 49.4 Å². The fraction of sp³-hybridized carbons (Fsp3) is 0.333. The summed E-state index contributed by atoms with van der Waals surface area (Å²) in [4.78, 5) is 29.2. The number of nitrogens with one attached hydrogen (secondary N) is 1. The second kappa shape index (κ2) is 14.0. The third-order valence-electron chi connectivity index (χ3n) is 6.44. The molecule has 0 radical (unpaired) electrons. The first-order valence-electron chi connectivity index (χ1n) is 13.0. The first kappa shape index (κ1) is 31.5. The molecule has 0 saturated carbocycles. The monoisotopic (exact) mass is 603 g/mol. The summed E-state index contributed by atoms with van der Waals surface area (Å²) in [7, 11) is -3.89. The highest BCUT2D eigenvalue weighted by molar-refractivity contribution is 7.92. The lowest BCUT2D eigenvalue weighted by atomic mass is 10.0. The molecule has 0 aliphatic heterocycles. The number of anilines is 1. The van der Waals surface area contributed by atoms with E-state index in [1.807, 2.05) is 44.2 Å². The Morgan fingerprint density at radius 2 is 1.52 bits per heavy atom. The third kappa shape index (κ3) is 8.46. The summed E-state index contributed by atoms with van der Waals surface area (Å²) < 4.78 is 26.9. The molecule has 0 spiro atoms. The summed E-state index contributed by atoms with van der Waals surface area (Å²) in [5.74, 6) is -0.686. The summed E-state index contributed by atoms with van der Waals surface area (Å²) in [6.07, 6.45) is 1.27. The largest absolute Gasteiger partial charge is 0.354 e. The van der Waals surface area contributed by atoms with Crippen molar-refractivity contribution in [2.75, 3.05) is 23.7 Å². The molecule has 0 unspecified atom stereocenters. The van der Waals surface area contributed by atoms with Crippen molar-refractivity contribution in [2.45, 2.75) is 39.8 Å². The van der Waals surface area contributed by atoms with E-state index in [0.29, 0.717) is 33.4 Å². The molecule has 3 rings (SSSR count). The van der Waals surface area contributed by atoms with Gasteiger partial charge in [0.1, 0.15) is 12.6 Å². The number of carbonyl (C=O) groups is 2. The highest BCUT2D eigenvalue weighted by Gasteiger charge is 2.33. The van der Waals surface area contributed by atoms with Gasteiger partial charge in [-0.15, -0.1) is 0 Å². The lowest BCUT2D eigenvalue weighted by Crippen LogP contribution is -2.53. The van der Waals surface area contributed by atoms with Crippen molar-refractivity contribution >= 4 is 50.7 Å². The van der Waals surface area contributed by atoms with Crippen LogP contribution in [0.5, 0.6) is 0 Å². The van der Waals surface area contributed by atoms with Crippen LogP contribution in [0, 0.1) is 12.8 Å². The topological polar surface area (TPSA) is 86.8 Å². The van der Waals surface area contributed by atoms with Crippen LogP contribution < -0.4 is 9.62 Å². The molecular weight excluding hydrogens is 569 g/mol. The van der Waals surface area contributed by atoms with Crippen LogP contribution >= 0.6 is 23.2 Å². The van der Waals surface area contributed by atoms with Crippen molar-refractivity contribution in [3.8, 4) is 0 Å². The summed E-state index contributed by atoms with van der Waals surface area (Å²) in [6.45, 7) is 5.58. The first-order chi connectivity index (χ1) is 18.9. The predicted molar refractivity (Wildman–Crippen MR) is 162 cm³/mol. The van der Waals surface area contributed by atoms with Gasteiger partial charge >= 0.3 is 0 Å². The van der Waals surface area contributed by atoms with Gasteiger partial charge in [-0.3, -0.25) is 13.9 Å². The van der Waals surface area contributed by atoms with Crippen LogP contribution in [-0.4, -0.2) is 50.5 Å². The van der Waals surface area contributed by atoms with Gasteiger partial charge in [0.25, 0.3) is 0 Å². The molecule has 214 valence electrons. The fourth-order valence-electron chi connectivity index (χ4n) is 4.25. The summed E-state index contributed by atoms with van der Waals surface area (Å²) >= 11 is 12.8. The maximum absolute atomic E-state index is 14.1. The molecule has 0 aromatic heterocycles. The lowest BCUT2D eigenvalue weighted by molar-refractivity contribution is -0.140. The van der Waals surface area contributed by atoms with Gasteiger partial charge in [-0.1, -0.05) is 91.6 Å². The van der Waals surface area contributed by atoms with Gasteiger partial charge in [0.05, 0.1) is 11.9 Å². The normalized spacial score (nSPS) is 12.2. The molecule has 2 amide bonds. The molecule has 0 fully saturated rings. The molecule has 0 bridgehead atoms. The Hall–Kier alpha value is -3.07. The van der Waals surface area contributed by atoms with E-state index >= 15 is 0 Å². The molecule has 0 heterocycles. The molecule has 7 nitrogen and oxygen atoms in total. The number of hydrogen-bond donors (Lipinski definition) is 1. The van der Waals surface area contributed by atoms with E-state index in [-0.39, 0.29) is 24.8 Å². The van der Waals surface area contributed by atoms with Crippen molar-refractivity contribution in [1.29, 1.82) is 0 Å². The quantitative estimate of drug-likeness (QED) is 0.297. The van der Waals surface area contributed by atoms with Crippen LogP contribution in [0.2, 0.25) is 10.0 Å². The van der Waals surface area contributed by atoms with Crippen LogP contribution in [-0.2, 0) is 32.6 Å². The van der Waals surface area contributed by atoms with Gasteiger partial charge < -0.3 is 10.2 Å². The Kier molecular flexibility index (Phi) is 11.0. The fourth-order valence-corrected chi connectivity index (χ4v) is 5.51. The minimum atomic E-state index is -3.89. The van der Waals surface area contributed by atoms with Gasteiger partial charge in [-0.2, -0.15) is 0 Å². The van der Waals surface area contributed by atoms with Crippen LogP contribution in [0.25, 0.3) is 0 Å². The SMILES string of the molecule is Cc1c(Cl)cccc1N(CC(=O)N(Cc1ccccc1Cl)[C@H](Cc1ccccc1)C(=O)NCC(C)C)S(C)(=O)=O. The van der Waals surface area contributed by atoms with E-state index in [0.717, 1.165) is 16.1 Å². The van der Waals surface area contributed by atoms with Gasteiger partial charge in [-0.05, 0) is 47.7 Å². The number of sulfonamides is 1. The van der Waals surface area contributed by atoms with Gasteiger partial charge in [0.15, 0.2) is 0 Å². The number of carbonyl (C=O) groups excluding carboxylic acids is 2. The van der Waals surface area contributed by atoms with Gasteiger partial charge in [-0.25, -0.2) is 8.42 Å². The van der Waals surface area contributed by atoms with E-state index in [9.17, 15) is 18.0 Å². The van der Waals surface area contributed by atoms with Crippen LogP contribution in [0.1, 0.15) is 30.5 Å². The standard InChI is InChI=1S/C30H35Cl2N3O4S/c1-21(2)18-33-30(37)28(17-23-11-6-5-7-12-23)34(19-24-13-8-9-14-26(24)32)29(36)20-35(40(4,38)39)27-16-10-15-25(31)22(27)3/h5-16,21,28H,17-20H2,1-4H3,(H,33,37)/t28-/m1/s1. The molecule has 0 aliphatic rings. The number of nitrogens with zero attached hydrogens (tertiary/aromatic N) is 2. The van der Waals surface area contributed by atoms with Gasteiger partial charge in [0.2, 0.25) is 21.8 Å². The maximum atomic E-state index is 14.1. The minimum Gasteiger partial charge on any atom is -0.354 e. The molecule has 0 aliphatic carbocycles. The smallest absolute Gasteiger partial charge is 0.244 e. The summed E-state index contributed by atoms with van der Waals surface area (Å²) in [5, 5.41) is 3.77. The average Bonchev–Trinajstić information content (AvgIpc) is 2.90. The summed E-state index contributed by atoms with van der Waals surface area (Å²) in [6, 6.07) is 20.4. The molecule has 10 heteroatoms. The van der Waals surface area contributed by atoms with Crippen molar-refractivity contribution < 1.29 is 18.0 Å². The highest BCUT2D eigenvalue weighted by Crippen LogP contribution is 2.29. The number of amides is 2. The molecular formula is C30H35Cl2N3O4S. The van der Waals surface area contributed by atoms with E-state index in [1.165, 1.54) is 4.90 Å². The molecule has 0 saturated heterocycles. The zero-order chi connectivity index (χ0) is 29.4. The van der Waals surface area contributed by atoms with Crippen LogP contribution in [0.4, 0.5) is 5.69 Å². The molecule has 3 aromatic rings. The maximum Gasteiger partial charge on any atom is 0.244 e. The highest BCUT2D eigenvalue weighted by atomic mass is 35.5. The number of hydrogen-bond acceptors (Lipinski definition) is 4. The second-order valence-corrected chi connectivity index (χ2v) is 12.8. The Balaban J connectivity index is 2.08. The summed E-state index contributed by atoms with van der Waals surface area (Å²) in [5.41, 5.74) is 2.31. The third-order valence-corrected chi connectivity index (χ3v) is 8.35. The molecule has 1 N–H and O–H groups in total. The molecule has 1 atom stereocenters. The second-order valence-electron chi connectivity index (χ2n) is 10.1. The van der Waals surface area contributed by atoms with E-state index in [4.69, 9.17) is 23.2 Å². The van der Waals surface area contributed by atoms with Crippen LogP contribution in [0.3, 0.4) is 0 Å². The van der Waals surface area contributed by atoms with Crippen molar-refractivity contribution in [1.82, 2.24) is 10.2 Å². The van der Waals surface area contributed by atoms with Crippen molar-refractivity contribution in [2.24, 2.45) is 5.92 Å². The van der Waals surface area contributed by atoms with Gasteiger partial charge in [0, 0.05) is 29.6 Å². The zero-order valence-corrected chi connectivity index (χ0v) is 25.4. The average molecular weight is 605 g/mol. The Morgan fingerprint density at radius 1 is 0.900 bits per heavy atom. The minimum absolute atomic E-state index is 0.0111. The zero-order valence-electron chi connectivity index (χ0n) is 23.1. The van der Waals surface area contributed by atoms with Crippen molar-refractivity contribution in [3.63, 3.8) is 0 Å². The molecule has 3 aromatic carbocycles. The van der Waals surface area contributed by atoms with E-state index < -0.39 is 28.5 Å². The van der Waals surface area contributed by atoms with Crippen LogP contribution in [0.15, 0.2) is 72.8 Å². The predicted octanol–water partition coefficient (Wildman–Crippen LogP) is 5.48. The lowest BCUT2D eigenvalue weighted by Gasteiger charge is -2.34. The number of benzene rings is 3. The Bertz CT molecular complexity index is 1430. The van der Waals surface area contributed by atoms with Crippen molar-refractivity contribution in [3.05, 3.63) is 99.5 Å². The number of rotatable bonds is 12.